The minimum absolute atomic E-state index is 0.0196. The van der Waals surface area contributed by atoms with Crippen molar-refractivity contribution >= 4 is 22.5 Å². The predicted octanol–water partition coefficient (Wildman–Crippen LogP) is 5.01. The number of ether oxygens (including phenoxy) is 1. The molecule has 3 aliphatic rings. The Morgan fingerprint density at radius 3 is 2.75 bits per heavy atom. The molecule has 0 saturated carbocycles. The lowest BCUT2D eigenvalue weighted by Gasteiger charge is -2.23. The molecule has 0 amide bonds. The van der Waals surface area contributed by atoms with Crippen LogP contribution in [0.2, 0.25) is 0 Å². The first kappa shape index (κ1) is 27.0. The normalized spacial score (nSPS) is 25.0. The summed E-state index contributed by atoms with van der Waals surface area (Å²) in [5.74, 6) is 0.466. The van der Waals surface area contributed by atoms with Crippen LogP contribution in [0.25, 0.3) is 10.9 Å². The van der Waals surface area contributed by atoms with Crippen LogP contribution in [0.15, 0.2) is 36.8 Å². The number of aryl methyl sites for hydroxylation is 1. The lowest BCUT2D eigenvalue weighted by molar-refractivity contribution is -0.137. The number of pyridine rings is 1. The summed E-state index contributed by atoms with van der Waals surface area (Å²) < 4.78 is 59.1. The van der Waals surface area contributed by atoms with E-state index in [0.717, 1.165) is 68.6 Å². The van der Waals surface area contributed by atoms with Crippen LogP contribution in [0.1, 0.15) is 48.3 Å². The van der Waals surface area contributed by atoms with E-state index in [4.69, 9.17) is 4.74 Å². The number of hydrogen-bond acceptors (Lipinski definition) is 7. The fourth-order valence-corrected chi connectivity index (χ4v) is 6.66. The molecular formula is C29H31F4N5O2. The van der Waals surface area contributed by atoms with E-state index in [0.29, 0.717) is 36.4 Å². The Bertz CT molecular complexity index is 1390. The summed E-state index contributed by atoms with van der Waals surface area (Å²) in [6.45, 7) is 3.10. The highest BCUT2D eigenvalue weighted by atomic mass is 19.4. The van der Waals surface area contributed by atoms with Gasteiger partial charge in [-0.05, 0) is 78.8 Å². The second-order valence-electron chi connectivity index (χ2n) is 11.2. The van der Waals surface area contributed by atoms with E-state index in [-0.39, 0.29) is 29.4 Å². The molecule has 0 spiro atoms. The molecule has 0 radical (unpaired) electrons. The summed E-state index contributed by atoms with van der Waals surface area (Å²) in [5.41, 5.74) is 1.72. The first-order valence-electron chi connectivity index (χ1n) is 13.8. The van der Waals surface area contributed by atoms with Gasteiger partial charge in [0.1, 0.15) is 12.1 Å². The number of carbonyl (C=O) groups is 1. The molecule has 0 bridgehead atoms. The summed E-state index contributed by atoms with van der Waals surface area (Å²) in [6.07, 6.45) is 2.48. The highest BCUT2D eigenvalue weighted by molar-refractivity contribution is 5.91. The van der Waals surface area contributed by atoms with Gasteiger partial charge in [-0.2, -0.15) is 17.6 Å². The van der Waals surface area contributed by atoms with Gasteiger partial charge in [0.2, 0.25) is 5.95 Å². The first-order chi connectivity index (χ1) is 19.2. The average molecular weight is 558 g/mol. The zero-order valence-electron chi connectivity index (χ0n) is 22.0. The Kier molecular flexibility index (Phi) is 7.43. The van der Waals surface area contributed by atoms with Gasteiger partial charge in [0.25, 0.3) is 0 Å². The monoisotopic (exact) mass is 557 g/mol. The van der Waals surface area contributed by atoms with Crippen LogP contribution in [0, 0.1) is 17.8 Å². The Hall–Kier alpha value is -3.18. The van der Waals surface area contributed by atoms with Crippen LogP contribution in [0.5, 0.6) is 0 Å². The number of aromatic nitrogens is 3. The maximum Gasteiger partial charge on any atom is 0.416 e. The van der Waals surface area contributed by atoms with Crippen molar-refractivity contribution in [2.24, 2.45) is 11.8 Å². The number of rotatable bonds is 8. The van der Waals surface area contributed by atoms with Gasteiger partial charge < -0.3 is 10.1 Å². The van der Waals surface area contributed by atoms with Gasteiger partial charge in [-0.3, -0.25) is 9.69 Å². The van der Waals surface area contributed by atoms with Crippen LogP contribution in [0.3, 0.4) is 0 Å². The Labute approximate surface area is 229 Å². The highest BCUT2D eigenvalue weighted by Crippen LogP contribution is 2.42. The van der Waals surface area contributed by atoms with Crippen molar-refractivity contribution in [3.8, 4) is 0 Å². The van der Waals surface area contributed by atoms with Gasteiger partial charge in [0, 0.05) is 43.7 Å². The molecule has 4 atom stereocenters. The zero-order valence-corrected chi connectivity index (χ0v) is 22.0. The fourth-order valence-electron chi connectivity index (χ4n) is 6.66. The number of ketones is 1. The molecule has 1 aliphatic carbocycles. The van der Waals surface area contributed by atoms with Crippen molar-refractivity contribution in [2.75, 3.05) is 38.2 Å². The number of fused-ring (bicyclic) bond motifs is 2. The number of nitrogens with one attached hydrogen (secondary N) is 1. The number of carbonyl (C=O) groups excluding carboxylic acids is 1. The lowest BCUT2D eigenvalue weighted by Crippen LogP contribution is -2.34. The molecule has 6 rings (SSSR count). The Morgan fingerprint density at radius 2 is 1.95 bits per heavy atom. The number of alkyl halides is 3. The topological polar surface area (TPSA) is 80.2 Å². The molecule has 2 saturated heterocycles. The smallest absolute Gasteiger partial charge is 0.380 e. The number of Topliss-reactive ketones (excluding diaryl/α,β-unsaturated/α-hetero) is 1. The SMILES string of the molecule is O=C(CNc1ncnc2ccc(C(F)(F)F)cc12)CC1CN(C2CCOC2)C[C@@H]1CC1CCc2cc(F)ncc21. The quantitative estimate of drug-likeness (QED) is 0.308. The average Bonchev–Trinajstić information content (AvgIpc) is 3.68. The zero-order chi connectivity index (χ0) is 27.9. The van der Waals surface area contributed by atoms with Crippen molar-refractivity contribution in [1.82, 2.24) is 19.9 Å². The summed E-state index contributed by atoms with van der Waals surface area (Å²) in [7, 11) is 0. The van der Waals surface area contributed by atoms with Crippen LogP contribution in [-0.2, 0) is 22.1 Å². The maximum absolute atomic E-state index is 13.6. The largest absolute Gasteiger partial charge is 0.416 e. The van der Waals surface area contributed by atoms with E-state index < -0.39 is 17.7 Å². The van der Waals surface area contributed by atoms with Crippen LogP contribution < -0.4 is 5.32 Å². The highest BCUT2D eigenvalue weighted by Gasteiger charge is 2.40. The molecule has 4 heterocycles. The summed E-state index contributed by atoms with van der Waals surface area (Å²) in [5, 5.41) is 3.19. The minimum atomic E-state index is -4.49. The van der Waals surface area contributed by atoms with Crippen molar-refractivity contribution in [3.63, 3.8) is 0 Å². The van der Waals surface area contributed by atoms with Gasteiger partial charge in [-0.25, -0.2) is 15.0 Å². The summed E-state index contributed by atoms with van der Waals surface area (Å²) >= 11 is 0. The third-order valence-corrected chi connectivity index (χ3v) is 8.71. The maximum atomic E-state index is 13.6. The molecule has 2 aromatic heterocycles. The molecule has 2 fully saturated rings. The van der Waals surface area contributed by atoms with E-state index in [1.165, 1.54) is 18.5 Å². The molecule has 3 aromatic rings. The minimum Gasteiger partial charge on any atom is -0.380 e. The number of likely N-dealkylation sites (tertiary alicyclic amines) is 1. The Balaban J connectivity index is 1.14. The third kappa shape index (κ3) is 5.67. The standard InChI is InChI=1S/C29H31F4N5O2/c30-27-9-18-2-1-17(25(18)12-34-27)7-19-13-38(22-5-6-40-15-22)14-20(19)8-23(39)11-35-28-24-10-21(29(31,32)33)3-4-26(24)36-16-37-28/h3-4,9-10,12,16-17,19-20,22H,1-2,5-8,11,13-15H2,(H,35,36,37)/t17?,19-,20?,22?/m0/s1. The molecule has 1 N–H and O–H groups in total. The molecule has 3 unspecified atom stereocenters. The van der Waals surface area contributed by atoms with Crippen LogP contribution in [-0.4, -0.2) is 64.5 Å². The molecule has 7 nitrogen and oxygen atoms in total. The van der Waals surface area contributed by atoms with E-state index in [9.17, 15) is 22.4 Å². The van der Waals surface area contributed by atoms with Crippen molar-refractivity contribution < 1.29 is 27.1 Å². The van der Waals surface area contributed by atoms with Gasteiger partial charge >= 0.3 is 6.18 Å². The lowest BCUT2D eigenvalue weighted by atomic mass is 9.82. The predicted molar refractivity (Wildman–Crippen MR) is 140 cm³/mol. The molecule has 1 aromatic carbocycles. The van der Waals surface area contributed by atoms with Crippen molar-refractivity contribution in [3.05, 3.63) is 59.4 Å². The number of nitrogens with zero attached hydrogens (tertiary/aromatic N) is 4. The molecule has 2 aliphatic heterocycles. The number of hydrogen-bond donors (Lipinski definition) is 1. The van der Waals surface area contributed by atoms with E-state index in [2.05, 4.69) is 25.2 Å². The fraction of sp³-hybridized carbons (Fsp3) is 0.517. The summed E-state index contributed by atoms with van der Waals surface area (Å²) in [4.78, 5) is 27.7. The Morgan fingerprint density at radius 1 is 1.10 bits per heavy atom. The van der Waals surface area contributed by atoms with Gasteiger partial charge in [-0.1, -0.05) is 0 Å². The number of halogens is 4. The second kappa shape index (κ2) is 11.0. The third-order valence-electron chi connectivity index (χ3n) is 8.71. The van der Waals surface area contributed by atoms with Crippen LogP contribution >= 0.6 is 0 Å². The molecular weight excluding hydrogens is 526 g/mol. The first-order valence-corrected chi connectivity index (χ1v) is 13.8. The van der Waals surface area contributed by atoms with Gasteiger partial charge in [-0.15, -0.1) is 0 Å². The summed E-state index contributed by atoms with van der Waals surface area (Å²) in [6, 6.07) is 5.19. The van der Waals surface area contributed by atoms with Crippen LogP contribution in [0.4, 0.5) is 23.4 Å². The molecule has 11 heteroatoms. The molecule has 40 heavy (non-hydrogen) atoms. The van der Waals surface area contributed by atoms with Gasteiger partial charge in [0.15, 0.2) is 5.78 Å². The number of anilines is 1. The van der Waals surface area contributed by atoms with Gasteiger partial charge in [0.05, 0.1) is 24.2 Å². The second-order valence-corrected chi connectivity index (χ2v) is 11.2. The van der Waals surface area contributed by atoms with E-state index in [1.807, 2.05) is 0 Å². The molecule has 212 valence electrons. The van der Waals surface area contributed by atoms with E-state index >= 15 is 0 Å². The van der Waals surface area contributed by atoms with Crippen molar-refractivity contribution in [1.29, 1.82) is 0 Å². The van der Waals surface area contributed by atoms with E-state index in [1.54, 1.807) is 6.20 Å². The van der Waals surface area contributed by atoms with Crippen molar-refractivity contribution in [2.45, 2.75) is 50.2 Å². The number of benzene rings is 1.